The highest BCUT2D eigenvalue weighted by Gasteiger charge is 2.21. The lowest BCUT2D eigenvalue weighted by Crippen LogP contribution is -2.30. The SMILES string of the molecule is Cc1cccc(C(=O)O[C@H](C)C(=O)Nc2ccccc2C(C)C)c1N. The molecule has 5 nitrogen and oxygen atoms in total. The van der Waals surface area contributed by atoms with Gasteiger partial charge in [-0.3, -0.25) is 4.79 Å². The number of amides is 1. The van der Waals surface area contributed by atoms with Crippen molar-refractivity contribution >= 4 is 23.3 Å². The first kappa shape index (κ1) is 18.5. The van der Waals surface area contributed by atoms with Gasteiger partial charge in [0.1, 0.15) is 0 Å². The van der Waals surface area contributed by atoms with E-state index in [-0.39, 0.29) is 17.4 Å². The van der Waals surface area contributed by atoms with Crippen molar-refractivity contribution in [2.75, 3.05) is 11.1 Å². The molecule has 0 aromatic heterocycles. The van der Waals surface area contributed by atoms with Gasteiger partial charge in [0.15, 0.2) is 6.10 Å². The molecule has 0 heterocycles. The zero-order chi connectivity index (χ0) is 18.6. The Labute approximate surface area is 148 Å². The van der Waals surface area contributed by atoms with Gasteiger partial charge in [-0.25, -0.2) is 4.79 Å². The highest BCUT2D eigenvalue weighted by atomic mass is 16.5. The minimum atomic E-state index is -0.937. The topological polar surface area (TPSA) is 81.4 Å². The zero-order valence-corrected chi connectivity index (χ0v) is 15.0. The van der Waals surface area contributed by atoms with Crippen LogP contribution in [0.1, 0.15) is 48.2 Å². The molecule has 2 aromatic carbocycles. The summed E-state index contributed by atoms with van der Waals surface area (Å²) in [5.41, 5.74) is 9.08. The van der Waals surface area contributed by atoms with E-state index >= 15 is 0 Å². The Morgan fingerprint density at radius 3 is 2.40 bits per heavy atom. The van der Waals surface area contributed by atoms with Crippen molar-refractivity contribution in [3.63, 3.8) is 0 Å². The van der Waals surface area contributed by atoms with Gasteiger partial charge in [-0.05, 0) is 43.0 Å². The number of hydrogen-bond acceptors (Lipinski definition) is 4. The van der Waals surface area contributed by atoms with Crippen molar-refractivity contribution in [3.8, 4) is 0 Å². The molecule has 2 rings (SSSR count). The van der Waals surface area contributed by atoms with E-state index < -0.39 is 12.1 Å². The van der Waals surface area contributed by atoms with E-state index in [0.717, 1.165) is 16.8 Å². The average Bonchev–Trinajstić information content (AvgIpc) is 2.57. The summed E-state index contributed by atoms with van der Waals surface area (Å²) >= 11 is 0. The maximum Gasteiger partial charge on any atom is 0.341 e. The molecule has 0 aliphatic heterocycles. The molecule has 5 heteroatoms. The molecule has 0 aliphatic rings. The number of carbonyl (C=O) groups is 2. The fraction of sp³-hybridized carbons (Fsp3) is 0.300. The highest BCUT2D eigenvalue weighted by molar-refractivity contribution is 6.00. The van der Waals surface area contributed by atoms with E-state index in [1.54, 1.807) is 12.1 Å². The lowest BCUT2D eigenvalue weighted by molar-refractivity contribution is -0.123. The number of aryl methyl sites for hydroxylation is 1. The van der Waals surface area contributed by atoms with Gasteiger partial charge in [0, 0.05) is 11.4 Å². The van der Waals surface area contributed by atoms with Crippen molar-refractivity contribution < 1.29 is 14.3 Å². The number of benzene rings is 2. The van der Waals surface area contributed by atoms with Crippen LogP contribution in [0.2, 0.25) is 0 Å². The maximum absolute atomic E-state index is 12.4. The van der Waals surface area contributed by atoms with Crippen LogP contribution in [0.15, 0.2) is 42.5 Å². The second kappa shape index (κ2) is 7.83. The summed E-state index contributed by atoms with van der Waals surface area (Å²) in [5.74, 6) is -0.727. The van der Waals surface area contributed by atoms with E-state index in [9.17, 15) is 9.59 Å². The van der Waals surface area contributed by atoms with Crippen molar-refractivity contribution in [1.29, 1.82) is 0 Å². The molecule has 0 bridgehead atoms. The molecular formula is C20H24N2O3. The third-order valence-electron chi connectivity index (χ3n) is 4.04. The van der Waals surface area contributed by atoms with E-state index in [0.29, 0.717) is 5.69 Å². The Balaban J connectivity index is 2.08. The van der Waals surface area contributed by atoms with Crippen LogP contribution in [0.25, 0.3) is 0 Å². The lowest BCUT2D eigenvalue weighted by atomic mass is 10.0. The fourth-order valence-electron chi connectivity index (χ4n) is 2.48. The monoisotopic (exact) mass is 340 g/mol. The van der Waals surface area contributed by atoms with E-state index in [1.807, 2.05) is 37.3 Å². The lowest BCUT2D eigenvalue weighted by Gasteiger charge is -2.17. The summed E-state index contributed by atoms with van der Waals surface area (Å²) in [7, 11) is 0. The van der Waals surface area contributed by atoms with Crippen LogP contribution in [-0.2, 0) is 9.53 Å². The second-order valence-electron chi connectivity index (χ2n) is 6.31. The maximum atomic E-state index is 12.4. The minimum absolute atomic E-state index is 0.265. The number of para-hydroxylation sites is 2. The molecule has 25 heavy (non-hydrogen) atoms. The van der Waals surface area contributed by atoms with E-state index in [4.69, 9.17) is 10.5 Å². The minimum Gasteiger partial charge on any atom is -0.449 e. The summed E-state index contributed by atoms with van der Waals surface area (Å²) in [6.45, 7) is 7.45. The predicted octanol–water partition coefficient (Wildman–Crippen LogP) is 3.88. The Kier molecular flexibility index (Phi) is 5.80. The molecule has 2 aromatic rings. The summed E-state index contributed by atoms with van der Waals surface area (Å²) in [4.78, 5) is 24.7. The van der Waals surface area contributed by atoms with Crippen molar-refractivity contribution in [1.82, 2.24) is 0 Å². The summed E-state index contributed by atoms with van der Waals surface area (Å²) in [5, 5.41) is 2.83. The number of rotatable bonds is 5. The summed E-state index contributed by atoms with van der Waals surface area (Å²) in [6, 6.07) is 12.7. The average molecular weight is 340 g/mol. The number of carbonyl (C=O) groups excluding carboxylic acids is 2. The number of anilines is 2. The largest absolute Gasteiger partial charge is 0.449 e. The molecule has 0 fully saturated rings. The van der Waals surface area contributed by atoms with Crippen LogP contribution in [0.5, 0.6) is 0 Å². The Hall–Kier alpha value is -2.82. The number of nitrogens with two attached hydrogens (primary N) is 1. The van der Waals surface area contributed by atoms with Crippen molar-refractivity contribution in [2.45, 2.75) is 39.7 Å². The van der Waals surface area contributed by atoms with Crippen LogP contribution in [-0.4, -0.2) is 18.0 Å². The van der Waals surface area contributed by atoms with Crippen molar-refractivity contribution in [2.24, 2.45) is 0 Å². The third kappa shape index (κ3) is 4.38. The van der Waals surface area contributed by atoms with Gasteiger partial charge in [0.25, 0.3) is 5.91 Å². The van der Waals surface area contributed by atoms with Crippen LogP contribution in [0.3, 0.4) is 0 Å². The molecule has 0 unspecified atom stereocenters. The first-order valence-corrected chi connectivity index (χ1v) is 8.27. The number of esters is 1. The summed E-state index contributed by atoms with van der Waals surface area (Å²) < 4.78 is 5.28. The first-order chi connectivity index (χ1) is 11.8. The molecule has 0 saturated carbocycles. The summed E-state index contributed by atoms with van der Waals surface area (Å²) in [6.07, 6.45) is -0.937. The molecule has 1 atom stereocenters. The van der Waals surface area contributed by atoms with Crippen molar-refractivity contribution in [3.05, 3.63) is 59.2 Å². The number of ether oxygens (including phenoxy) is 1. The Morgan fingerprint density at radius 2 is 1.72 bits per heavy atom. The van der Waals surface area contributed by atoms with Crippen LogP contribution in [0, 0.1) is 6.92 Å². The number of hydrogen-bond donors (Lipinski definition) is 2. The van der Waals surface area contributed by atoms with Crippen LogP contribution < -0.4 is 11.1 Å². The zero-order valence-electron chi connectivity index (χ0n) is 15.0. The van der Waals surface area contributed by atoms with Gasteiger partial charge >= 0.3 is 5.97 Å². The molecule has 0 spiro atoms. The second-order valence-corrected chi connectivity index (χ2v) is 6.31. The van der Waals surface area contributed by atoms with E-state index in [1.165, 1.54) is 6.92 Å². The first-order valence-electron chi connectivity index (χ1n) is 8.27. The number of nitrogens with one attached hydrogen (secondary N) is 1. The fourth-order valence-corrected chi connectivity index (χ4v) is 2.48. The van der Waals surface area contributed by atoms with Gasteiger partial charge in [-0.1, -0.05) is 44.2 Å². The van der Waals surface area contributed by atoms with E-state index in [2.05, 4.69) is 19.2 Å². The quantitative estimate of drug-likeness (QED) is 0.639. The molecule has 132 valence electrons. The third-order valence-corrected chi connectivity index (χ3v) is 4.04. The van der Waals surface area contributed by atoms with Gasteiger partial charge in [-0.2, -0.15) is 0 Å². The molecule has 3 N–H and O–H groups in total. The van der Waals surface area contributed by atoms with Gasteiger partial charge < -0.3 is 15.8 Å². The van der Waals surface area contributed by atoms with Gasteiger partial charge in [0.2, 0.25) is 0 Å². The number of nitrogen functional groups attached to an aromatic ring is 1. The normalized spacial score (nSPS) is 11.9. The standard InChI is InChI=1S/C20H24N2O3/c1-12(2)15-9-5-6-11-17(15)22-19(23)14(4)25-20(24)16-10-7-8-13(3)18(16)21/h5-12,14H,21H2,1-4H3,(H,22,23)/t14-/m1/s1. The molecule has 1 amide bonds. The smallest absolute Gasteiger partial charge is 0.341 e. The van der Waals surface area contributed by atoms with Gasteiger partial charge in [0.05, 0.1) is 5.56 Å². The van der Waals surface area contributed by atoms with Crippen LogP contribution in [0.4, 0.5) is 11.4 Å². The molecule has 0 saturated heterocycles. The van der Waals surface area contributed by atoms with Crippen LogP contribution >= 0.6 is 0 Å². The Morgan fingerprint density at radius 1 is 1.04 bits per heavy atom. The Bertz CT molecular complexity index is 784. The predicted molar refractivity (Wildman–Crippen MR) is 99.6 cm³/mol. The molecular weight excluding hydrogens is 316 g/mol. The van der Waals surface area contributed by atoms with Gasteiger partial charge in [-0.15, -0.1) is 0 Å². The molecule has 0 radical (unpaired) electrons. The highest BCUT2D eigenvalue weighted by Crippen LogP contribution is 2.24. The molecule has 0 aliphatic carbocycles.